The molecule has 2 aliphatic rings. The molecule has 0 unspecified atom stereocenters. The van der Waals surface area contributed by atoms with Crippen LogP contribution >= 0.6 is 27.3 Å². The Kier molecular flexibility index (Phi) is 4.31. The fourth-order valence-electron chi connectivity index (χ4n) is 3.05. The average molecular weight is 402 g/mol. The van der Waals surface area contributed by atoms with Crippen LogP contribution in [0.5, 0.6) is 0 Å². The van der Waals surface area contributed by atoms with Crippen molar-refractivity contribution < 1.29 is 19.1 Å². The molecular weight excluding hydrogens is 382 g/mol. The molecule has 1 aromatic rings. The Morgan fingerprint density at radius 3 is 2.87 bits per heavy atom. The predicted octanol–water partition coefficient (Wildman–Crippen LogP) is 3.56. The Hall–Kier alpha value is -0.920. The van der Waals surface area contributed by atoms with Crippen molar-refractivity contribution in [3.05, 3.63) is 21.9 Å². The number of nitrogens with zero attached hydrogens (tertiary/aromatic N) is 1. The maximum Gasteiger partial charge on any atom is 0.410 e. The summed E-state index contributed by atoms with van der Waals surface area (Å²) < 4.78 is 11.5. The van der Waals surface area contributed by atoms with E-state index in [-0.39, 0.29) is 17.9 Å². The number of likely N-dealkylation sites (tertiary alicyclic amines) is 1. The number of carbonyl (C=O) groups excluding carboxylic acids is 2. The number of Topliss-reactive ketones (excluding diaryl/α,β-unsaturated/α-hetero) is 1. The number of amides is 1. The Labute approximate surface area is 148 Å². The van der Waals surface area contributed by atoms with Gasteiger partial charge in [0.15, 0.2) is 5.78 Å². The van der Waals surface area contributed by atoms with Crippen LogP contribution in [0.15, 0.2) is 12.1 Å². The number of morpholine rings is 1. The monoisotopic (exact) mass is 401 g/mol. The van der Waals surface area contributed by atoms with Crippen molar-refractivity contribution in [2.45, 2.75) is 44.4 Å². The van der Waals surface area contributed by atoms with Crippen molar-refractivity contribution in [2.75, 3.05) is 18.5 Å². The van der Waals surface area contributed by atoms with Crippen molar-refractivity contribution in [3.63, 3.8) is 0 Å². The molecule has 0 aromatic carbocycles. The van der Waals surface area contributed by atoms with Crippen LogP contribution in [0, 0.1) is 0 Å². The van der Waals surface area contributed by atoms with Crippen LogP contribution < -0.4 is 0 Å². The van der Waals surface area contributed by atoms with Crippen LogP contribution in [0.1, 0.15) is 41.7 Å². The molecule has 7 heteroatoms. The van der Waals surface area contributed by atoms with Crippen molar-refractivity contribution in [1.82, 2.24) is 4.90 Å². The molecule has 5 nitrogen and oxygen atoms in total. The lowest BCUT2D eigenvalue weighted by Crippen LogP contribution is -2.46. The molecule has 0 N–H and O–H groups in total. The van der Waals surface area contributed by atoms with E-state index in [1.54, 1.807) is 4.90 Å². The van der Waals surface area contributed by atoms with E-state index in [1.165, 1.54) is 11.3 Å². The third-order valence-electron chi connectivity index (χ3n) is 4.06. The van der Waals surface area contributed by atoms with Gasteiger partial charge in [-0.3, -0.25) is 9.69 Å². The molecule has 1 aromatic heterocycles. The number of hydrogen-bond donors (Lipinski definition) is 0. The molecule has 1 amide bonds. The normalized spacial score (nSPS) is 26.6. The number of fused-ring (bicyclic) bond motifs is 2. The molecule has 23 heavy (non-hydrogen) atoms. The zero-order chi connectivity index (χ0) is 16.8. The van der Waals surface area contributed by atoms with Crippen LogP contribution in [-0.4, -0.2) is 46.9 Å². The molecule has 2 saturated heterocycles. The van der Waals surface area contributed by atoms with Crippen LogP contribution in [-0.2, 0) is 15.1 Å². The average Bonchev–Trinajstić information content (AvgIpc) is 3.18. The highest BCUT2D eigenvalue weighted by Gasteiger charge is 2.55. The smallest absolute Gasteiger partial charge is 0.410 e. The van der Waals surface area contributed by atoms with Gasteiger partial charge in [0.2, 0.25) is 0 Å². The van der Waals surface area contributed by atoms with Gasteiger partial charge in [0.25, 0.3) is 0 Å². The van der Waals surface area contributed by atoms with Gasteiger partial charge in [0.1, 0.15) is 11.2 Å². The van der Waals surface area contributed by atoms with Crippen molar-refractivity contribution in [2.24, 2.45) is 0 Å². The van der Waals surface area contributed by atoms with Gasteiger partial charge in [-0.1, -0.05) is 15.9 Å². The second-order valence-electron chi connectivity index (χ2n) is 6.99. The molecule has 0 radical (unpaired) electrons. The first-order valence-electron chi connectivity index (χ1n) is 7.57. The van der Waals surface area contributed by atoms with Crippen LogP contribution in [0.4, 0.5) is 4.79 Å². The van der Waals surface area contributed by atoms with E-state index in [0.717, 1.165) is 11.3 Å². The van der Waals surface area contributed by atoms with E-state index in [1.807, 2.05) is 32.9 Å². The quantitative estimate of drug-likeness (QED) is 0.573. The van der Waals surface area contributed by atoms with E-state index in [9.17, 15) is 9.59 Å². The van der Waals surface area contributed by atoms with E-state index in [2.05, 4.69) is 15.9 Å². The summed E-state index contributed by atoms with van der Waals surface area (Å²) >= 11 is 4.65. The number of carbonyl (C=O) groups is 2. The van der Waals surface area contributed by atoms with E-state index >= 15 is 0 Å². The second-order valence-corrected chi connectivity index (χ2v) is 8.64. The van der Waals surface area contributed by atoms with Crippen molar-refractivity contribution in [3.8, 4) is 0 Å². The van der Waals surface area contributed by atoms with Gasteiger partial charge >= 0.3 is 6.09 Å². The van der Waals surface area contributed by atoms with Crippen LogP contribution in [0.3, 0.4) is 0 Å². The highest BCUT2D eigenvalue weighted by atomic mass is 79.9. The molecule has 0 saturated carbocycles. The Morgan fingerprint density at radius 1 is 1.48 bits per heavy atom. The third kappa shape index (κ3) is 3.19. The van der Waals surface area contributed by atoms with Gasteiger partial charge in [0, 0.05) is 11.3 Å². The van der Waals surface area contributed by atoms with Crippen LogP contribution in [0.25, 0.3) is 0 Å². The summed E-state index contributed by atoms with van der Waals surface area (Å²) in [7, 11) is 0. The topological polar surface area (TPSA) is 55.8 Å². The number of rotatable bonds is 3. The summed E-state index contributed by atoms with van der Waals surface area (Å²) in [6.07, 6.45) is 0.468. The molecule has 2 fully saturated rings. The number of ether oxygens (including phenoxy) is 2. The SMILES string of the molecule is CC(C)(C)OC(=O)N1C[C@]2(c3ccc(C(=O)CBr)s3)C[C@H]1CO2. The third-order valence-corrected chi connectivity index (χ3v) is 5.88. The van der Waals surface area contributed by atoms with E-state index in [0.29, 0.717) is 23.4 Å². The molecule has 2 atom stereocenters. The first-order chi connectivity index (χ1) is 10.7. The minimum atomic E-state index is -0.509. The van der Waals surface area contributed by atoms with Gasteiger partial charge < -0.3 is 9.47 Å². The summed E-state index contributed by atoms with van der Waals surface area (Å²) in [5.74, 6) is 0.0641. The maximum atomic E-state index is 12.4. The van der Waals surface area contributed by atoms with Gasteiger partial charge in [-0.2, -0.15) is 0 Å². The fraction of sp³-hybridized carbons (Fsp3) is 0.625. The lowest BCUT2D eigenvalue weighted by Gasteiger charge is -2.33. The van der Waals surface area contributed by atoms with E-state index < -0.39 is 11.2 Å². The van der Waals surface area contributed by atoms with Crippen LogP contribution in [0.2, 0.25) is 0 Å². The summed E-state index contributed by atoms with van der Waals surface area (Å²) in [6.45, 7) is 6.59. The molecule has 2 bridgehead atoms. The maximum absolute atomic E-state index is 12.4. The Balaban J connectivity index is 1.78. The fourth-order valence-corrected chi connectivity index (χ4v) is 4.63. The molecule has 126 valence electrons. The molecule has 0 spiro atoms. The highest BCUT2D eigenvalue weighted by molar-refractivity contribution is 9.09. The highest BCUT2D eigenvalue weighted by Crippen LogP contribution is 2.47. The molecule has 3 rings (SSSR count). The number of alkyl halides is 1. The number of halogens is 1. The standard InChI is InChI=1S/C16H20BrNO4S/c1-15(2,3)22-14(20)18-9-16(6-10(18)8-21-16)13-5-4-12(23-13)11(19)7-17/h4-5,10H,6-9H2,1-3H3/t10-,16-/m0/s1. The minimum Gasteiger partial charge on any atom is -0.444 e. The van der Waals surface area contributed by atoms with Gasteiger partial charge in [-0.05, 0) is 32.9 Å². The van der Waals surface area contributed by atoms with Crippen molar-refractivity contribution >= 4 is 39.1 Å². The lowest BCUT2D eigenvalue weighted by atomic mass is 10.0. The summed E-state index contributed by atoms with van der Waals surface area (Å²) in [4.78, 5) is 27.7. The van der Waals surface area contributed by atoms with Gasteiger partial charge in [-0.25, -0.2) is 4.79 Å². The van der Waals surface area contributed by atoms with E-state index in [4.69, 9.17) is 9.47 Å². The van der Waals surface area contributed by atoms with Gasteiger partial charge in [0.05, 0.1) is 29.4 Å². The zero-order valence-electron chi connectivity index (χ0n) is 13.4. The Bertz CT molecular complexity index is 638. The van der Waals surface area contributed by atoms with Gasteiger partial charge in [-0.15, -0.1) is 11.3 Å². The molecule has 3 heterocycles. The lowest BCUT2D eigenvalue weighted by molar-refractivity contribution is -0.0540. The largest absolute Gasteiger partial charge is 0.444 e. The molecular formula is C16H20BrNO4S. The number of ketones is 1. The first-order valence-corrected chi connectivity index (χ1v) is 9.51. The second kappa shape index (κ2) is 5.86. The predicted molar refractivity (Wildman–Crippen MR) is 91.4 cm³/mol. The number of hydrogen-bond acceptors (Lipinski definition) is 5. The summed E-state index contributed by atoms with van der Waals surface area (Å²) in [5.41, 5.74) is -0.998. The minimum absolute atomic E-state index is 0.0438. The Morgan fingerprint density at radius 2 is 2.22 bits per heavy atom. The molecule has 2 aliphatic heterocycles. The summed E-state index contributed by atoms with van der Waals surface area (Å²) in [5, 5.41) is 0.313. The molecule has 0 aliphatic carbocycles. The zero-order valence-corrected chi connectivity index (χ0v) is 15.8. The number of thiophene rings is 1. The van der Waals surface area contributed by atoms with Crippen molar-refractivity contribution in [1.29, 1.82) is 0 Å². The summed E-state index contributed by atoms with van der Waals surface area (Å²) in [6, 6.07) is 3.83. The first kappa shape index (κ1) is 16.9.